The molecule has 0 amide bonds. The van der Waals surface area contributed by atoms with Crippen LogP contribution in [0.3, 0.4) is 0 Å². The highest BCUT2D eigenvalue weighted by Gasteiger charge is 2.28. The van der Waals surface area contributed by atoms with E-state index >= 15 is 0 Å². The second-order valence-corrected chi connectivity index (χ2v) is 18.1. The number of carboxylic acid groups (broad SMARTS) is 1. The Kier molecular flexibility index (Phi) is 42.6. The molecule has 0 aliphatic heterocycles. The Morgan fingerprint density at radius 3 is 1.34 bits per heavy atom. The van der Waals surface area contributed by atoms with Crippen LogP contribution >= 0.6 is 7.82 Å². The lowest BCUT2D eigenvalue weighted by molar-refractivity contribution is -0.161. The summed E-state index contributed by atoms with van der Waals surface area (Å²) in [6.45, 7) is 2.78. The largest absolute Gasteiger partial charge is 0.480 e. The van der Waals surface area contributed by atoms with Gasteiger partial charge in [-0.1, -0.05) is 204 Å². The van der Waals surface area contributed by atoms with Crippen molar-refractivity contribution in [2.75, 3.05) is 19.8 Å². The standard InChI is InChI=1S/C49H90NO10P/c1-3-5-7-9-11-13-15-17-19-21-22-23-25-27-29-31-33-35-37-39-41-48(52)60-45(43-58-61(55,56)59-44-46(50)49(53)54)42-57-47(51)40-38-36-34-32-30-28-26-24-20-18-16-14-12-10-8-6-4-2/h18,20,26,28,32,34,45-46H,3-17,19,21-25,27,29-31,33,35-44,50H2,1-2H3,(H,53,54)(H,55,56)/b20-18+,28-26+,34-32+/t45-,46+/m1/s1. The van der Waals surface area contributed by atoms with E-state index in [1.165, 1.54) is 141 Å². The average molecular weight is 884 g/mol. The van der Waals surface area contributed by atoms with E-state index in [-0.39, 0.29) is 19.4 Å². The van der Waals surface area contributed by atoms with E-state index < -0.39 is 51.1 Å². The van der Waals surface area contributed by atoms with Gasteiger partial charge in [0.15, 0.2) is 6.10 Å². The summed E-state index contributed by atoms with van der Waals surface area (Å²) in [6, 6.07) is -1.53. The highest BCUT2D eigenvalue weighted by atomic mass is 31.2. The van der Waals surface area contributed by atoms with E-state index in [9.17, 15) is 23.8 Å². The van der Waals surface area contributed by atoms with Crippen molar-refractivity contribution in [1.82, 2.24) is 0 Å². The first-order valence-electron chi connectivity index (χ1n) is 24.5. The zero-order valence-corrected chi connectivity index (χ0v) is 39.7. The maximum Gasteiger partial charge on any atom is 0.472 e. The van der Waals surface area contributed by atoms with Crippen LogP contribution in [0.15, 0.2) is 36.5 Å². The molecule has 12 heteroatoms. The number of hydrogen-bond donors (Lipinski definition) is 3. The van der Waals surface area contributed by atoms with Crippen molar-refractivity contribution in [1.29, 1.82) is 0 Å². The normalized spacial score (nSPS) is 13.9. The lowest BCUT2D eigenvalue weighted by Crippen LogP contribution is -2.34. The molecule has 356 valence electrons. The molecule has 1 unspecified atom stereocenters. The number of unbranched alkanes of at least 4 members (excludes halogenated alkanes) is 26. The fraction of sp³-hybridized carbons (Fsp3) is 0.816. The summed E-state index contributed by atoms with van der Waals surface area (Å²) < 4.78 is 32.7. The molecule has 0 saturated carbocycles. The summed E-state index contributed by atoms with van der Waals surface area (Å²) in [5.41, 5.74) is 5.34. The highest BCUT2D eigenvalue weighted by Crippen LogP contribution is 2.43. The predicted octanol–water partition coefficient (Wildman–Crippen LogP) is 13.6. The van der Waals surface area contributed by atoms with Crippen LogP contribution in [0, 0.1) is 0 Å². The first-order valence-corrected chi connectivity index (χ1v) is 26.0. The fourth-order valence-electron chi connectivity index (χ4n) is 6.79. The number of aliphatic carboxylic acids is 1. The van der Waals surface area contributed by atoms with Crippen LogP contribution in [0.1, 0.15) is 226 Å². The number of esters is 2. The Balaban J connectivity index is 4.32. The summed E-state index contributed by atoms with van der Waals surface area (Å²) in [5.74, 6) is -2.43. The molecule has 0 fully saturated rings. The highest BCUT2D eigenvalue weighted by molar-refractivity contribution is 7.47. The van der Waals surface area contributed by atoms with Gasteiger partial charge < -0.3 is 25.2 Å². The van der Waals surface area contributed by atoms with Gasteiger partial charge in [-0.05, 0) is 44.9 Å². The van der Waals surface area contributed by atoms with E-state index in [1.807, 2.05) is 6.08 Å². The number of hydrogen-bond acceptors (Lipinski definition) is 9. The van der Waals surface area contributed by atoms with Gasteiger partial charge in [-0.2, -0.15) is 0 Å². The lowest BCUT2D eigenvalue weighted by Gasteiger charge is -2.20. The second kappa shape index (κ2) is 44.3. The van der Waals surface area contributed by atoms with Gasteiger partial charge in [0.05, 0.1) is 13.2 Å². The van der Waals surface area contributed by atoms with Crippen molar-refractivity contribution in [3.05, 3.63) is 36.5 Å². The Bertz CT molecular complexity index is 1180. The van der Waals surface area contributed by atoms with Crippen LogP contribution in [-0.2, 0) is 37.5 Å². The minimum atomic E-state index is -4.73. The van der Waals surface area contributed by atoms with E-state index in [0.29, 0.717) is 19.3 Å². The van der Waals surface area contributed by atoms with Gasteiger partial charge in [0.2, 0.25) is 0 Å². The molecular formula is C49H90NO10P. The summed E-state index contributed by atoms with van der Waals surface area (Å²) >= 11 is 0. The molecule has 3 atom stereocenters. The van der Waals surface area contributed by atoms with Gasteiger partial charge in [0.1, 0.15) is 12.6 Å². The van der Waals surface area contributed by atoms with E-state index in [2.05, 4.69) is 48.8 Å². The van der Waals surface area contributed by atoms with Gasteiger partial charge in [-0.25, -0.2) is 4.57 Å². The smallest absolute Gasteiger partial charge is 0.472 e. The number of rotatable bonds is 46. The van der Waals surface area contributed by atoms with Gasteiger partial charge in [0.25, 0.3) is 0 Å². The number of carbonyl (C=O) groups is 3. The Morgan fingerprint density at radius 1 is 0.508 bits per heavy atom. The minimum absolute atomic E-state index is 0.152. The van der Waals surface area contributed by atoms with Gasteiger partial charge in [0, 0.05) is 12.8 Å². The van der Waals surface area contributed by atoms with Crippen molar-refractivity contribution in [2.45, 2.75) is 238 Å². The second-order valence-electron chi connectivity index (χ2n) is 16.6. The van der Waals surface area contributed by atoms with E-state index in [1.54, 1.807) is 0 Å². The third-order valence-electron chi connectivity index (χ3n) is 10.6. The monoisotopic (exact) mass is 884 g/mol. The number of allylic oxidation sites excluding steroid dienone is 6. The van der Waals surface area contributed by atoms with Gasteiger partial charge in [-0.15, -0.1) is 0 Å². The summed E-state index contributed by atoms with van der Waals surface area (Å²) in [5, 5.41) is 8.91. The zero-order valence-electron chi connectivity index (χ0n) is 38.8. The van der Waals surface area contributed by atoms with Gasteiger partial charge >= 0.3 is 25.7 Å². The molecule has 0 rings (SSSR count). The maximum absolute atomic E-state index is 12.7. The molecule has 61 heavy (non-hydrogen) atoms. The number of carbonyl (C=O) groups excluding carboxylic acids is 2. The van der Waals surface area contributed by atoms with Crippen molar-refractivity contribution in [2.24, 2.45) is 5.73 Å². The minimum Gasteiger partial charge on any atom is -0.480 e. The summed E-state index contributed by atoms with van der Waals surface area (Å²) in [4.78, 5) is 46.1. The summed E-state index contributed by atoms with van der Waals surface area (Å²) in [7, 11) is -4.73. The van der Waals surface area contributed by atoms with Gasteiger partial charge in [-0.3, -0.25) is 23.4 Å². The molecule has 0 aromatic heterocycles. The van der Waals surface area contributed by atoms with Crippen molar-refractivity contribution < 1.29 is 47.5 Å². The molecule has 0 aliphatic carbocycles. The number of carboxylic acids is 1. The number of nitrogens with two attached hydrogens (primary N) is 1. The summed E-state index contributed by atoms with van der Waals surface area (Å²) in [6.07, 6.45) is 49.3. The van der Waals surface area contributed by atoms with Crippen LogP contribution < -0.4 is 5.73 Å². The molecule has 0 aromatic rings. The average Bonchev–Trinajstić information content (AvgIpc) is 3.24. The molecule has 11 nitrogen and oxygen atoms in total. The Hall–Kier alpha value is -2.30. The molecule has 0 heterocycles. The van der Waals surface area contributed by atoms with Crippen molar-refractivity contribution in [3.63, 3.8) is 0 Å². The molecule has 0 bridgehead atoms. The van der Waals surface area contributed by atoms with Crippen LogP contribution in [0.2, 0.25) is 0 Å². The first kappa shape index (κ1) is 58.7. The van der Waals surface area contributed by atoms with Crippen LogP contribution in [0.25, 0.3) is 0 Å². The van der Waals surface area contributed by atoms with Crippen LogP contribution in [0.5, 0.6) is 0 Å². The maximum atomic E-state index is 12.7. The Morgan fingerprint density at radius 2 is 0.885 bits per heavy atom. The van der Waals surface area contributed by atoms with E-state index in [0.717, 1.165) is 38.5 Å². The first-order chi connectivity index (χ1) is 29.6. The number of phosphoric acid groups is 1. The van der Waals surface area contributed by atoms with Crippen LogP contribution in [0.4, 0.5) is 0 Å². The predicted molar refractivity (Wildman–Crippen MR) is 249 cm³/mol. The molecule has 4 N–H and O–H groups in total. The molecule has 0 spiro atoms. The molecule has 0 saturated heterocycles. The fourth-order valence-corrected chi connectivity index (χ4v) is 7.57. The lowest BCUT2D eigenvalue weighted by atomic mass is 10.0. The third-order valence-corrected chi connectivity index (χ3v) is 11.6. The van der Waals surface area contributed by atoms with Crippen LogP contribution in [-0.4, -0.2) is 59.9 Å². The molecule has 0 aromatic carbocycles. The Labute approximate surface area is 372 Å². The zero-order chi connectivity index (χ0) is 44.9. The van der Waals surface area contributed by atoms with Crippen molar-refractivity contribution >= 4 is 25.7 Å². The van der Waals surface area contributed by atoms with Crippen molar-refractivity contribution in [3.8, 4) is 0 Å². The number of ether oxygens (including phenoxy) is 2. The molecule has 0 aliphatic rings. The SMILES string of the molecule is CCCCCCCC/C=C/C/C=C/C/C=C/CCCC(=O)OC[C@H](COP(=O)(O)OC[C@H](N)C(=O)O)OC(=O)CCCCCCCCCCCCCCCCCCCCCC. The topological polar surface area (TPSA) is 172 Å². The number of phosphoric ester groups is 1. The molecule has 0 radical (unpaired) electrons. The quantitative estimate of drug-likeness (QED) is 0.0230. The molecular weight excluding hydrogens is 794 g/mol. The third kappa shape index (κ3) is 44.1. The van der Waals surface area contributed by atoms with E-state index in [4.69, 9.17) is 24.8 Å².